The van der Waals surface area contributed by atoms with E-state index in [2.05, 4.69) is 9.97 Å². The van der Waals surface area contributed by atoms with Gasteiger partial charge in [-0.1, -0.05) is 0 Å². The molecule has 0 bridgehead atoms. The summed E-state index contributed by atoms with van der Waals surface area (Å²) in [5.41, 5.74) is 1.10. The summed E-state index contributed by atoms with van der Waals surface area (Å²) in [7, 11) is 3.94. The molecule has 1 aromatic rings. The Balaban J connectivity index is 3.03. The molecule has 0 aliphatic carbocycles. The zero-order chi connectivity index (χ0) is 7.56. The molecule has 0 aliphatic heterocycles. The smallest absolute Gasteiger partial charge is 0.134 e. The van der Waals surface area contributed by atoms with Gasteiger partial charge in [-0.2, -0.15) is 0 Å². The summed E-state index contributed by atoms with van der Waals surface area (Å²) < 4.78 is 0. The number of rotatable bonds is 1. The fraction of sp³-hybridized carbons (Fsp3) is 0.429. The van der Waals surface area contributed by atoms with E-state index in [-0.39, 0.29) is 0 Å². The van der Waals surface area contributed by atoms with Crippen molar-refractivity contribution in [3.05, 3.63) is 18.1 Å². The maximum atomic E-state index is 4.09. The van der Waals surface area contributed by atoms with Crippen LogP contribution in [-0.4, -0.2) is 24.1 Å². The van der Waals surface area contributed by atoms with E-state index in [9.17, 15) is 0 Å². The second-order valence-corrected chi connectivity index (χ2v) is 2.42. The number of anilines is 1. The number of hydrogen-bond acceptors (Lipinski definition) is 3. The van der Waals surface area contributed by atoms with Gasteiger partial charge in [0.1, 0.15) is 12.1 Å². The molecule has 54 valence electrons. The number of aryl methyl sites for hydroxylation is 1. The van der Waals surface area contributed by atoms with Gasteiger partial charge >= 0.3 is 0 Å². The van der Waals surface area contributed by atoms with Gasteiger partial charge < -0.3 is 4.90 Å². The van der Waals surface area contributed by atoms with Crippen molar-refractivity contribution in [3.8, 4) is 0 Å². The molecule has 0 aliphatic rings. The lowest BCUT2D eigenvalue weighted by molar-refractivity contribution is 1.01. The second-order valence-electron chi connectivity index (χ2n) is 2.42. The third-order valence-electron chi connectivity index (χ3n) is 1.29. The van der Waals surface area contributed by atoms with Gasteiger partial charge in [0.15, 0.2) is 0 Å². The number of hydrogen-bond donors (Lipinski definition) is 0. The first-order valence-corrected chi connectivity index (χ1v) is 3.15. The largest absolute Gasteiger partial charge is 0.362 e. The summed E-state index contributed by atoms with van der Waals surface area (Å²) in [5.74, 6) is 0.981. The fourth-order valence-electron chi connectivity index (χ4n) is 0.861. The Kier molecular flexibility index (Phi) is 1.85. The summed E-state index contributed by atoms with van der Waals surface area (Å²) in [6.45, 7) is 2.00. The van der Waals surface area contributed by atoms with Crippen LogP contribution in [0.25, 0.3) is 0 Å². The Labute approximate surface area is 60.7 Å². The van der Waals surface area contributed by atoms with Crippen molar-refractivity contribution < 1.29 is 0 Å². The van der Waals surface area contributed by atoms with Gasteiger partial charge in [0.05, 0.1) is 0 Å². The highest BCUT2D eigenvalue weighted by Gasteiger charge is 1.98. The summed E-state index contributed by atoms with van der Waals surface area (Å²) in [4.78, 5) is 9.95. The Morgan fingerprint density at radius 3 is 2.50 bits per heavy atom. The van der Waals surface area contributed by atoms with E-state index in [0.717, 1.165) is 11.4 Å². The van der Waals surface area contributed by atoms with Crippen molar-refractivity contribution in [1.82, 2.24) is 9.97 Å². The molecule has 3 nitrogen and oxygen atoms in total. The molecule has 0 unspecified atom stereocenters. The molecule has 3 heteroatoms. The quantitative estimate of drug-likeness (QED) is 0.574. The summed E-state index contributed by atoms with van der Waals surface area (Å²) in [6, 6.07) is 0. The molecule has 0 atom stereocenters. The SMILES string of the molecule is Cc1cncnc1N(C)C. The van der Waals surface area contributed by atoms with Crippen molar-refractivity contribution in [2.75, 3.05) is 19.0 Å². The van der Waals surface area contributed by atoms with E-state index in [0.29, 0.717) is 0 Å². The van der Waals surface area contributed by atoms with Crippen molar-refractivity contribution in [2.24, 2.45) is 0 Å². The lowest BCUT2D eigenvalue weighted by Gasteiger charge is -2.12. The van der Waals surface area contributed by atoms with Crippen LogP contribution in [0.2, 0.25) is 0 Å². The molecule has 0 aromatic carbocycles. The minimum atomic E-state index is 0.981. The normalized spacial score (nSPS) is 9.50. The van der Waals surface area contributed by atoms with Crippen LogP contribution in [0, 0.1) is 6.92 Å². The van der Waals surface area contributed by atoms with Crippen LogP contribution in [0.5, 0.6) is 0 Å². The van der Waals surface area contributed by atoms with Crippen LogP contribution in [0.1, 0.15) is 5.56 Å². The van der Waals surface area contributed by atoms with Gasteiger partial charge in [-0.05, 0) is 6.92 Å². The minimum absolute atomic E-state index is 0.981. The molecule has 0 radical (unpaired) electrons. The summed E-state index contributed by atoms with van der Waals surface area (Å²) in [6.07, 6.45) is 3.37. The van der Waals surface area contributed by atoms with Gasteiger partial charge in [0.2, 0.25) is 0 Å². The average Bonchev–Trinajstić information content (AvgIpc) is 1.88. The predicted molar refractivity (Wildman–Crippen MR) is 41.1 cm³/mol. The van der Waals surface area contributed by atoms with Gasteiger partial charge in [0.25, 0.3) is 0 Å². The van der Waals surface area contributed by atoms with Gasteiger partial charge in [-0.15, -0.1) is 0 Å². The van der Waals surface area contributed by atoms with Crippen LogP contribution in [-0.2, 0) is 0 Å². The lowest BCUT2D eigenvalue weighted by Crippen LogP contribution is -2.12. The van der Waals surface area contributed by atoms with Crippen LogP contribution in [0.3, 0.4) is 0 Å². The fourth-order valence-corrected chi connectivity index (χ4v) is 0.861. The van der Waals surface area contributed by atoms with Crippen molar-refractivity contribution in [3.63, 3.8) is 0 Å². The molecule has 0 spiro atoms. The lowest BCUT2D eigenvalue weighted by atomic mass is 10.3. The molecule has 1 aromatic heterocycles. The molecule has 0 saturated heterocycles. The third-order valence-corrected chi connectivity index (χ3v) is 1.29. The molecule has 0 N–H and O–H groups in total. The van der Waals surface area contributed by atoms with E-state index in [4.69, 9.17) is 0 Å². The third kappa shape index (κ3) is 1.23. The molecule has 1 rings (SSSR count). The monoisotopic (exact) mass is 137 g/mol. The van der Waals surface area contributed by atoms with Crippen molar-refractivity contribution in [2.45, 2.75) is 6.92 Å². The second kappa shape index (κ2) is 2.64. The zero-order valence-electron chi connectivity index (χ0n) is 6.50. The van der Waals surface area contributed by atoms with E-state index in [1.807, 2.05) is 32.1 Å². The number of aromatic nitrogens is 2. The summed E-state index contributed by atoms with van der Waals surface area (Å²) in [5, 5.41) is 0. The summed E-state index contributed by atoms with van der Waals surface area (Å²) >= 11 is 0. The van der Waals surface area contributed by atoms with Crippen LogP contribution in [0.4, 0.5) is 5.82 Å². The highest BCUT2D eigenvalue weighted by atomic mass is 15.1. The van der Waals surface area contributed by atoms with Crippen LogP contribution >= 0.6 is 0 Å². The zero-order valence-corrected chi connectivity index (χ0v) is 6.50. The van der Waals surface area contributed by atoms with E-state index >= 15 is 0 Å². The number of nitrogens with zero attached hydrogens (tertiary/aromatic N) is 3. The van der Waals surface area contributed by atoms with E-state index in [1.54, 1.807) is 6.33 Å². The highest BCUT2D eigenvalue weighted by molar-refractivity contribution is 5.42. The van der Waals surface area contributed by atoms with Gasteiger partial charge in [0, 0.05) is 25.9 Å². The standard InChI is InChI=1S/C7H11N3/c1-6-4-8-5-9-7(6)10(2)3/h4-5H,1-3H3. The topological polar surface area (TPSA) is 29.0 Å². The highest BCUT2D eigenvalue weighted by Crippen LogP contribution is 2.09. The Bertz CT molecular complexity index is 220. The first-order chi connectivity index (χ1) is 4.72. The van der Waals surface area contributed by atoms with Crippen molar-refractivity contribution >= 4 is 5.82 Å². The molecule has 0 saturated carbocycles. The Morgan fingerprint density at radius 1 is 1.40 bits per heavy atom. The van der Waals surface area contributed by atoms with Crippen LogP contribution in [0.15, 0.2) is 12.5 Å². The predicted octanol–water partition coefficient (Wildman–Crippen LogP) is 0.851. The molecular formula is C7H11N3. The molecular weight excluding hydrogens is 126 g/mol. The molecule has 0 fully saturated rings. The first-order valence-electron chi connectivity index (χ1n) is 3.15. The first kappa shape index (κ1) is 6.99. The molecule has 10 heavy (non-hydrogen) atoms. The minimum Gasteiger partial charge on any atom is -0.362 e. The van der Waals surface area contributed by atoms with E-state index < -0.39 is 0 Å². The van der Waals surface area contributed by atoms with Crippen LogP contribution < -0.4 is 4.90 Å². The van der Waals surface area contributed by atoms with Gasteiger partial charge in [-0.3, -0.25) is 0 Å². The molecule has 0 amide bonds. The van der Waals surface area contributed by atoms with Gasteiger partial charge in [-0.25, -0.2) is 9.97 Å². The van der Waals surface area contributed by atoms with Crippen molar-refractivity contribution in [1.29, 1.82) is 0 Å². The average molecular weight is 137 g/mol. The Morgan fingerprint density at radius 2 is 2.10 bits per heavy atom. The maximum Gasteiger partial charge on any atom is 0.134 e. The maximum absolute atomic E-state index is 4.09. The molecule has 1 heterocycles. The van der Waals surface area contributed by atoms with E-state index in [1.165, 1.54) is 0 Å². The Hall–Kier alpha value is -1.12.